The van der Waals surface area contributed by atoms with Crippen LogP contribution in [0.15, 0.2) is 18.3 Å². The average molecular weight is 291 g/mol. The standard InChI is InChI=1S/C15H21N3O3/c1-10-4-3-5-11(2)18(10)15(21)17-9-12-6-7-13(14(19)20)16-8-12/h6-8,10-11H,3-5,9H2,1-2H3,(H,17,21)(H,19,20). The molecule has 0 radical (unpaired) electrons. The Morgan fingerprint density at radius 1 is 1.33 bits per heavy atom. The van der Waals surface area contributed by atoms with Gasteiger partial charge < -0.3 is 15.3 Å². The van der Waals surface area contributed by atoms with Gasteiger partial charge in [0.05, 0.1) is 0 Å². The van der Waals surface area contributed by atoms with Crippen molar-refractivity contribution < 1.29 is 14.7 Å². The smallest absolute Gasteiger partial charge is 0.354 e. The summed E-state index contributed by atoms with van der Waals surface area (Å²) in [5.74, 6) is -1.05. The molecular weight excluding hydrogens is 270 g/mol. The lowest BCUT2D eigenvalue weighted by atomic mass is 9.98. The summed E-state index contributed by atoms with van der Waals surface area (Å²) in [6, 6.07) is 3.54. The Balaban J connectivity index is 1.92. The van der Waals surface area contributed by atoms with E-state index in [1.807, 2.05) is 4.90 Å². The maximum Gasteiger partial charge on any atom is 0.354 e. The highest BCUT2D eigenvalue weighted by molar-refractivity contribution is 5.85. The first-order valence-corrected chi connectivity index (χ1v) is 7.23. The van der Waals surface area contributed by atoms with Crippen molar-refractivity contribution >= 4 is 12.0 Å². The second-order valence-electron chi connectivity index (χ2n) is 5.55. The van der Waals surface area contributed by atoms with Gasteiger partial charge in [0, 0.05) is 24.8 Å². The summed E-state index contributed by atoms with van der Waals surface area (Å²) in [6.07, 6.45) is 4.71. The topological polar surface area (TPSA) is 82.5 Å². The Labute approximate surface area is 124 Å². The summed E-state index contributed by atoms with van der Waals surface area (Å²) in [7, 11) is 0. The van der Waals surface area contributed by atoms with E-state index in [0.29, 0.717) is 6.54 Å². The molecule has 2 unspecified atom stereocenters. The molecule has 6 heteroatoms. The first-order chi connectivity index (χ1) is 9.99. The van der Waals surface area contributed by atoms with Crippen LogP contribution in [0.4, 0.5) is 4.79 Å². The minimum absolute atomic E-state index is 0.00310. The van der Waals surface area contributed by atoms with Crippen LogP contribution in [0.3, 0.4) is 0 Å². The predicted octanol–water partition coefficient (Wildman–Crippen LogP) is 2.25. The van der Waals surface area contributed by atoms with Gasteiger partial charge in [-0.05, 0) is 44.7 Å². The lowest BCUT2D eigenvalue weighted by molar-refractivity contribution is 0.0690. The molecule has 6 nitrogen and oxygen atoms in total. The molecule has 0 spiro atoms. The summed E-state index contributed by atoms with van der Waals surface area (Å²) in [4.78, 5) is 28.7. The fourth-order valence-corrected chi connectivity index (χ4v) is 2.75. The van der Waals surface area contributed by atoms with E-state index in [1.165, 1.54) is 12.3 Å². The maximum absolute atomic E-state index is 12.3. The molecule has 114 valence electrons. The van der Waals surface area contributed by atoms with Crippen LogP contribution in [0.5, 0.6) is 0 Å². The third-order valence-corrected chi connectivity index (χ3v) is 3.92. The second kappa shape index (κ2) is 6.56. The number of carboxylic acids is 1. The van der Waals surface area contributed by atoms with Crippen molar-refractivity contribution in [3.63, 3.8) is 0 Å². The molecule has 0 saturated carbocycles. The number of aromatic nitrogens is 1. The minimum Gasteiger partial charge on any atom is -0.477 e. The number of pyridine rings is 1. The molecule has 2 atom stereocenters. The number of carboxylic acid groups (broad SMARTS) is 1. The van der Waals surface area contributed by atoms with E-state index in [4.69, 9.17) is 5.11 Å². The molecule has 1 aliphatic heterocycles. The van der Waals surface area contributed by atoms with Gasteiger partial charge >= 0.3 is 12.0 Å². The van der Waals surface area contributed by atoms with E-state index < -0.39 is 5.97 Å². The van der Waals surface area contributed by atoms with E-state index in [1.54, 1.807) is 6.07 Å². The van der Waals surface area contributed by atoms with Crippen molar-refractivity contribution in [2.45, 2.75) is 51.7 Å². The number of carbonyl (C=O) groups is 2. The molecule has 1 saturated heterocycles. The van der Waals surface area contributed by atoms with Gasteiger partial charge in [0.2, 0.25) is 0 Å². The molecule has 2 heterocycles. The average Bonchev–Trinajstić information content (AvgIpc) is 2.45. The molecule has 0 bridgehead atoms. The Morgan fingerprint density at radius 3 is 2.52 bits per heavy atom. The number of aromatic carboxylic acids is 1. The number of nitrogens with zero attached hydrogens (tertiary/aromatic N) is 2. The number of urea groups is 1. The number of piperidine rings is 1. The predicted molar refractivity (Wildman–Crippen MR) is 78.0 cm³/mol. The fraction of sp³-hybridized carbons (Fsp3) is 0.533. The number of carbonyl (C=O) groups excluding carboxylic acids is 1. The molecule has 1 fully saturated rings. The molecule has 0 aromatic carbocycles. The van der Waals surface area contributed by atoms with Crippen LogP contribution < -0.4 is 5.32 Å². The van der Waals surface area contributed by atoms with E-state index in [0.717, 1.165) is 24.8 Å². The molecule has 2 rings (SSSR count). The number of nitrogens with one attached hydrogen (secondary N) is 1. The highest BCUT2D eigenvalue weighted by Crippen LogP contribution is 2.22. The van der Waals surface area contributed by atoms with Crippen molar-refractivity contribution in [2.24, 2.45) is 0 Å². The highest BCUT2D eigenvalue weighted by atomic mass is 16.4. The quantitative estimate of drug-likeness (QED) is 0.894. The van der Waals surface area contributed by atoms with E-state index in [-0.39, 0.29) is 23.8 Å². The number of likely N-dealkylation sites (tertiary alicyclic amines) is 1. The maximum atomic E-state index is 12.3. The summed E-state index contributed by atoms with van der Waals surface area (Å²) in [5, 5.41) is 11.7. The molecule has 0 aliphatic carbocycles. The van der Waals surface area contributed by atoms with Gasteiger partial charge in [-0.2, -0.15) is 0 Å². The van der Waals surface area contributed by atoms with E-state index in [2.05, 4.69) is 24.1 Å². The number of amides is 2. The zero-order valence-electron chi connectivity index (χ0n) is 12.4. The number of hydrogen-bond acceptors (Lipinski definition) is 3. The van der Waals surface area contributed by atoms with Gasteiger partial charge in [-0.15, -0.1) is 0 Å². The fourth-order valence-electron chi connectivity index (χ4n) is 2.75. The minimum atomic E-state index is -1.05. The molecule has 2 amide bonds. The first-order valence-electron chi connectivity index (χ1n) is 7.23. The SMILES string of the molecule is CC1CCCC(C)N1C(=O)NCc1ccc(C(=O)O)nc1. The van der Waals surface area contributed by atoms with Crippen molar-refractivity contribution in [3.8, 4) is 0 Å². The summed E-state index contributed by atoms with van der Waals surface area (Å²) in [5.41, 5.74) is 0.786. The van der Waals surface area contributed by atoms with E-state index >= 15 is 0 Å². The number of hydrogen-bond donors (Lipinski definition) is 2. The van der Waals surface area contributed by atoms with Crippen LogP contribution in [0.25, 0.3) is 0 Å². The molecule has 1 aliphatic rings. The first kappa shape index (κ1) is 15.3. The van der Waals surface area contributed by atoms with Gasteiger partial charge in [0.1, 0.15) is 5.69 Å². The van der Waals surface area contributed by atoms with Crippen LogP contribution in [-0.4, -0.2) is 39.1 Å². The third kappa shape index (κ3) is 3.71. The Hall–Kier alpha value is -2.11. The van der Waals surface area contributed by atoms with Crippen molar-refractivity contribution in [1.29, 1.82) is 0 Å². The zero-order chi connectivity index (χ0) is 15.4. The Morgan fingerprint density at radius 2 is 2.00 bits per heavy atom. The van der Waals surface area contributed by atoms with Crippen molar-refractivity contribution in [2.75, 3.05) is 0 Å². The monoisotopic (exact) mass is 291 g/mol. The molecule has 2 N–H and O–H groups in total. The van der Waals surface area contributed by atoms with Crippen LogP contribution in [0.2, 0.25) is 0 Å². The van der Waals surface area contributed by atoms with E-state index in [9.17, 15) is 9.59 Å². The van der Waals surface area contributed by atoms with Crippen LogP contribution in [0.1, 0.15) is 49.2 Å². The van der Waals surface area contributed by atoms with Crippen LogP contribution >= 0.6 is 0 Å². The highest BCUT2D eigenvalue weighted by Gasteiger charge is 2.28. The van der Waals surface area contributed by atoms with Gasteiger partial charge in [-0.1, -0.05) is 6.07 Å². The zero-order valence-corrected chi connectivity index (χ0v) is 12.4. The summed E-state index contributed by atoms with van der Waals surface area (Å²) >= 11 is 0. The van der Waals surface area contributed by atoms with Gasteiger partial charge in [-0.3, -0.25) is 0 Å². The summed E-state index contributed by atoms with van der Waals surface area (Å²) < 4.78 is 0. The summed E-state index contributed by atoms with van der Waals surface area (Å²) in [6.45, 7) is 4.48. The second-order valence-corrected chi connectivity index (χ2v) is 5.55. The normalized spacial score (nSPS) is 21.9. The molecule has 1 aromatic rings. The molecule has 21 heavy (non-hydrogen) atoms. The largest absolute Gasteiger partial charge is 0.477 e. The molecule has 1 aromatic heterocycles. The lowest BCUT2D eigenvalue weighted by Crippen LogP contribution is -2.51. The van der Waals surface area contributed by atoms with Crippen molar-refractivity contribution in [3.05, 3.63) is 29.6 Å². The molecular formula is C15H21N3O3. The Kier molecular flexibility index (Phi) is 4.77. The third-order valence-electron chi connectivity index (χ3n) is 3.92. The van der Waals surface area contributed by atoms with Gasteiger partial charge in [0.25, 0.3) is 0 Å². The lowest BCUT2D eigenvalue weighted by Gasteiger charge is -2.38. The van der Waals surface area contributed by atoms with Gasteiger partial charge in [-0.25, -0.2) is 14.6 Å². The van der Waals surface area contributed by atoms with Crippen molar-refractivity contribution in [1.82, 2.24) is 15.2 Å². The Bertz CT molecular complexity index is 505. The number of rotatable bonds is 3. The van der Waals surface area contributed by atoms with Gasteiger partial charge in [0.15, 0.2) is 0 Å². The van der Waals surface area contributed by atoms with Crippen LogP contribution in [0, 0.1) is 0 Å². The van der Waals surface area contributed by atoms with Crippen LogP contribution in [-0.2, 0) is 6.54 Å².